The fourth-order valence-corrected chi connectivity index (χ4v) is 2.57. The topological polar surface area (TPSA) is 59.0 Å². The molecule has 1 aromatic heterocycles. The van der Waals surface area contributed by atoms with Gasteiger partial charge in [0.25, 0.3) is 0 Å². The Kier molecular flexibility index (Phi) is 3.90. The maximum Gasteiger partial charge on any atom is 0.231 e. The lowest BCUT2D eigenvalue weighted by molar-refractivity contribution is -0.115. The normalized spacial score (nSPS) is 13.8. The molecule has 0 saturated carbocycles. The summed E-state index contributed by atoms with van der Waals surface area (Å²) < 4.78 is 15.6. The van der Waals surface area contributed by atoms with Crippen LogP contribution in [0.2, 0.25) is 5.02 Å². The highest BCUT2D eigenvalue weighted by Crippen LogP contribution is 2.20. The molecule has 5 nitrogen and oxygen atoms in total. The molecule has 0 unspecified atom stereocenters. The quantitative estimate of drug-likeness (QED) is 0.911. The van der Waals surface area contributed by atoms with E-state index in [1.165, 1.54) is 12.1 Å². The highest BCUT2D eigenvalue weighted by atomic mass is 35.5. The third-order valence-electron chi connectivity index (χ3n) is 3.41. The van der Waals surface area contributed by atoms with Crippen LogP contribution in [0.3, 0.4) is 0 Å². The van der Waals surface area contributed by atoms with E-state index in [1.54, 1.807) is 12.3 Å². The molecule has 3 rings (SSSR count). The van der Waals surface area contributed by atoms with Gasteiger partial charge in [-0.25, -0.2) is 9.37 Å². The molecule has 2 aromatic rings. The number of nitrogens with one attached hydrogen (secondary N) is 2. The number of benzene rings is 1. The zero-order valence-corrected chi connectivity index (χ0v) is 12.0. The summed E-state index contributed by atoms with van der Waals surface area (Å²) in [5.74, 6) is -0.329. The molecule has 2 N–H and O–H groups in total. The number of hydrogen-bond donors (Lipinski definition) is 2. The van der Waals surface area contributed by atoms with Crippen molar-refractivity contribution in [2.24, 2.45) is 0 Å². The third-order valence-corrected chi connectivity index (χ3v) is 3.76. The van der Waals surface area contributed by atoms with Crippen molar-refractivity contribution in [3.05, 3.63) is 46.5 Å². The smallest absolute Gasteiger partial charge is 0.231 e. The van der Waals surface area contributed by atoms with Crippen LogP contribution in [0.1, 0.15) is 11.3 Å². The van der Waals surface area contributed by atoms with Crippen molar-refractivity contribution >= 4 is 23.5 Å². The van der Waals surface area contributed by atoms with Crippen molar-refractivity contribution in [1.82, 2.24) is 14.9 Å². The van der Waals surface area contributed by atoms with Gasteiger partial charge in [0, 0.05) is 30.2 Å². The van der Waals surface area contributed by atoms with E-state index in [0.29, 0.717) is 5.95 Å². The van der Waals surface area contributed by atoms with Crippen molar-refractivity contribution in [2.75, 3.05) is 11.9 Å². The number of fused-ring (bicyclic) bond motifs is 1. The van der Waals surface area contributed by atoms with E-state index in [1.807, 2.05) is 4.57 Å². The van der Waals surface area contributed by atoms with Crippen LogP contribution in [-0.4, -0.2) is 22.0 Å². The number of aromatic nitrogens is 2. The monoisotopic (exact) mass is 308 g/mol. The predicted molar refractivity (Wildman–Crippen MR) is 77.7 cm³/mol. The molecule has 21 heavy (non-hydrogen) atoms. The number of carbonyl (C=O) groups is 1. The van der Waals surface area contributed by atoms with Gasteiger partial charge in [-0.15, -0.1) is 0 Å². The standard InChI is InChI=1S/C14H14ClFN4O/c15-11-2-1-3-12(16)10(11)6-13(21)19-14-18-8-9-7-17-4-5-20(9)14/h1-3,8,17H,4-7H2,(H,18,19,21). The molecule has 2 heterocycles. The summed E-state index contributed by atoms with van der Waals surface area (Å²) in [6.45, 7) is 2.29. The van der Waals surface area contributed by atoms with Crippen molar-refractivity contribution in [1.29, 1.82) is 0 Å². The van der Waals surface area contributed by atoms with E-state index in [2.05, 4.69) is 15.6 Å². The molecule has 110 valence electrons. The summed E-state index contributed by atoms with van der Waals surface area (Å²) in [5, 5.41) is 6.18. The van der Waals surface area contributed by atoms with Crippen LogP contribution >= 0.6 is 11.6 Å². The van der Waals surface area contributed by atoms with Gasteiger partial charge in [0.15, 0.2) is 0 Å². The molecule has 7 heteroatoms. The molecule has 0 aliphatic carbocycles. The first-order valence-electron chi connectivity index (χ1n) is 6.63. The van der Waals surface area contributed by atoms with Crippen LogP contribution in [0.25, 0.3) is 0 Å². The molecule has 1 aliphatic heterocycles. The van der Waals surface area contributed by atoms with Gasteiger partial charge >= 0.3 is 0 Å². The SMILES string of the molecule is O=C(Cc1c(F)cccc1Cl)Nc1ncc2n1CCNC2. The molecular weight excluding hydrogens is 295 g/mol. The average Bonchev–Trinajstić information content (AvgIpc) is 2.87. The van der Waals surface area contributed by atoms with Gasteiger partial charge in [-0.2, -0.15) is 0 Å². The van der Waals surface area contributed by atoms with Gasteiger partial charge < -0.3 is 9.88 Å². The lowest BCUT2D eigenvalue weighted by Gasteiger charge is -2.17. The summed E-state index contributed by atoms with van der Waals surface area (Å²) >= 11 is 5.92. The molecule has 0 spiro atoms. The van der Waals surface area contributed by atoms with Gasteiger partial charge in [0.1, 0.15) is 5.82 Å². The van der Waals surface area contributed by atoms with Crippen molar-refractivity contribution in [3.8, 4) is 0 Å². The summed E-state index contributed by atoms with van der Waals surface area (Å²) in [6.07, 6.45) is 1.60. The number of nitrogens with zero attached hydrogens (tertiary/aromatic N) is 2. The second-order valence-corrected chi connectivity index (χ2v) is 5.23. The maximum absolute atomic E-state index is 13.7. The minimum absolute atomic E-state index is 0.119. The molecule has 0 bridgehead atoms. The molecule has 1 aliphatic rings. The number of amides is 1. The van der Waals surface area contributed by atoms with E-state index in [0.717, 1.165) is 25.3 Å². The first-order chi connectivity index (χ1) is 10.1. The molecule has 0 saturated heterocycles. The molecule has 0 radical (unpaired) electrons. The van der Waals surface area contributed by atoms with Gasteiger partial charge in [0.05, 0.1) is 18.3 Å². The number of rotatable bonds is 3. The predicted octanol–water partition coefficient (Wildman–Crippen LogP) is 1.96. The second kappa shape index (κ2) is 5.83. The summed E-state index contributed by atoms with van der Waals surface area (Å²) in [7, 11) is 0. The number of hydrogen-bond acceptors (Lipinski definition) is 3. The molecule has 1 amide bonds. The molecule has 1 aromatic carbocycles. The fraction of sp³-hybridized carbons (Fsp3) is 0.286. The summed E-state index contributed by atoms with van der Waals surface area (Å²) in [6, 6.07) is 4.37. The minimum Gasteiger partial charge on any atom is -0.312 e. The second-order valence-electron chi connectivity index (χ2n) is 4.83. The molecular formula is C14H14ClFN4O. The minimum atomic E-state index is -0.480. The van der Waals surface area contributed by atoms with Crippen LogP contribution in [0.5, 0.6) is 0 Å². The van der Waals surface area contributed by atoms with Crippen LogP contribution in [0, 0.1) is 5.82 Å². The average molecular weight is 309 g/mol. The largest absolute Gasteiger partial charge is 0.312 e. The highest BCUT2D eigenvalue weighted by molar-refractivity contribution is 6.31. The van der Waals surface area contributed by atoms with Gasteiger partial charge in [-0.1, -0.05) is 17.7 Å². The first-order valence-corrected chi connectivity index (χ1v) is 7.01. The molecule has 0 atom stereocenters. The third kappa shape index (κ3) is 2.91. The van der Waals surface area contributed by atoms with Crippen LogP contribution in [-0.2, 0) is 24.3 Å². The zero-order valence-electron chi connectivity index (χ0n) is 11.2. The van der Waals surface area contributed by atoms with Crippen LogP contribution in [0.4, 0.5) is 10.3 Å². The van der Waals surface area contributed by atoms with Crippen molar-refractivity contribution < 1.29 is 9.18 Å². The van der Waals surface area contributed by atoms with Gasteiger partial charge in [0.2, 0.25) is 11.9 Å². The number of halogens is 2. The Balaban J connectivity index is 1.74. The lowest BCUT2D eigenvalue weighted by atomic mass is 10.1. The number of imidazole rings is 1. The number of carbonyl (C=O) groups excluding carboxylic acids is 1. The van der Waals surface area contributed by atoms with E-state index in [9.17, 15) is 9.18 Å². The Bertz CT molecular complexity index is 665. The first kappa shape index (κ1) is 14.0. The van der Waals surface area contributed by atoms with E-state index in [4.69, 9.17) is 11.6 Å². The Hall–Kier alpha value is -1.92. The lowest BCUT2D eigenvalue weighted by Crippen LogP contribution is -2.29. The Morgan fingerprint density at radius 2 is 2.38 bits per heavy atom. The maximum atomic E-state index is 13.7. The van der Waals surface area contributed by atoms with Crippen LogP contribution < -0.4 is 10.6 Å². The van der Waals surface area contributed by atoms with Crippen molar-refractivity contribution in [3.63, 3.8) is 0 Å². The van der Waals surface area contributed by atoms with Crippen LogP contribution in [0.15, 0.2) is 24.4 Å². The van der Waals surface area contributed by atoms with Gasteiger partial charge in [-0.05, 0) is 12.1 Å². The van der Waals surface area contributed by atoms with E-state index in [-0.39, 0.29) is 22.9 Å². The fourth-order valence-electron chi connectivity index (χ4n) is 2.34. The number of anilines is 1. The van der Waals surface area contributed by atoms with E-state index >= 15 is 0 Å². The highest BCUT2D eigenvalue weighted by Gasteiger charge is 2.17. The van der Waals surface area contributed by atoms with Crippen molar-refractivity contribution in [2.45, 2.75) is 19.5 Å². The summed E-state index contributed by atoms with van der Waals surface area (Å²) in [4.78, 5) is 16.3. The molecule has 0 fully saturated rings. The summed E-state index contributed by atoms with van der Waals surface area (Å²) in [5.41, 5.74) is 1.21. The zero-order chi connectivity index (χ0) is 14.8. The van der Waals surface area contributed by atoms with Gasteiger partial charge in [-0.3, -0.25) is 10.1 Å². The van der Waals surface area contributed by atoms with E-state index < -0.39 is 5.82 Å². The Morgan fingerprint density at radius 1 is 1.52 bits per heavy atom. The Labute approximate surface area is 126 Å². The Morgan fingerprint density at radius 3 is 3.19 bits per heavy atom.